The van der Waals surface area contributed by atoms with Gasteiger partial charge in [-0.3, -0.25) is 9.69 Å². The number of halogens is 3. The van der Waals surface area contributed by atoms with Crippen LogP contribution >= 0.6 is 0 Å². The molecular formula is C24H35F3N2O4S. The van der Waals surface area contributed by atoms with Gasteiger partial charge >= 0.3 is 6.36 Å². The Morgan fingerprint density at radius 3 is 2.12 bits per heavy atom. The normalized spacial score (nSPS) is 20.6. The summed E-state index contributed by atoms with van der Waals surface area (Å²) in [5, 5.41) is 0. The number of hydrogen-bond acceptors (Lipinski definition) is 5. The molecule has 1 heterocycles. The molecule has 2 aliphatic rings. The molecule has 0 spiro atoms. The van der Waals surface area contributed by atoms with Crippen molar-refractivity contribution in [3.8, 4) is 5.75 Å². The van der Waals surface area contributed by atoms with Gasteiger partial charge in [-0.2, -0.15) is 4.31 Å². The van der Waals surface area contributed by atoms with Crippen molar-refractivity contribution in [3.63, 3.8) is 0 Å². The minimum atomic E-state index is -4.77. The van der Waals surface area contributed by atoms with Gasteiger partial charge in [0, 0.05) is 43.7 Å². The van der Waals surface area contributed by atoms with E-state index < -0.39 is 16.4 Å². The molecule has 6 nitrogen and oxygen atoms in total. The van der Waals surface area contributed by atoms with E-state index in [-0.39, 0.29) is 22.8 Å². The van der Waals surface area contributed by atoms with Crippen molar-refractivity contribution in [2.45, 2.75) is 76.6 Å². The Bertz CT molecular complexity index is 903. The van der Waals surface area contributed by atoms with Gasteiger partial charge in [0.2, 0.25) is 10.0 Å². The summed E-state index contributed by atoms with van der Waals surface area (Å²) in [7, 11) is -3.22. The third-order valence-corrected chi connectivity index (χ3v) is 9.10. The van der Waals surface area contributed by atoms with Gasteiger partial charge < -0.3 is 4.74 Å². The van der Waals surface area contributed by atoms with E-state index in [0.717, 1.165) is 50.7 Å². The van der Waals surface area contributed by atoms with Crippen molar-refractivity contribution in [1.29, 1.82) is 0 Å². The molecule has 1 saturated carbocycles. The molecule has 1 aromatic rings. The summed E-state index contributed by atoms with van der Waals surface area (Å²) in [5.41, 5.74) is 0.223. The van der Waals surface area contributed by atoms with Crippen LogP contribution in [-0.4, -0.2) is 67.2 Å². The molecule has 34 heavy (non-hydrogen) atoms. The molecule has 1 saturated heterocycles. The Morgan fingerprint density at radius 2 is 1.59 bits per heavy atom. The third kappa shape index (κ3) is 7.18. The van der Waals surface area contributed by atoms with Gasteiger partial charge in [0.05, 0.1) is 5.75 Å². The standard InChI is InChI=1S/C24H35F3N2O4S/c1-2-19-34(31,32)29-17-15-28(16-18-29)23(12-5-3-4-6-13-23)14-11-22(30)20-7-9-21(10-8-20)33-24(25,26)27/h7-10H,2-6,11-19H2,1H3. The first kappa shape index (κ1) is 26.9. The predicted octanol–water partition coefficient (Wildman–Crippen LogP) is 5.00. The molecule has 192 valence electrons. The van der Waals surface area contributed by atoms with Gasteiger partial charge in [-0.15, -0.1) is 13.2 Å². The Balaban J connectivity index is 1.65. The van der Waals surface area contributed by atoms with E-state index in [2.05, 4.69) is 9.64 Å². The zero-order chi connectivity index (χ0) is 24.8. The van der Waals surface area contributed by atoms with E-state index in [4.69, 9.17) is 0 Å². The summed E-state index contributed by atoms with van der Waals surface area (Å²) < 4.78 is 67.5. The van der Waals surface area contributed by atoms with Crippen LogP contribution in [0.2, 0.25) is 0 Å². The van der Waals surface area contributed by atoms with Gasteiger partial charge in [0.15, 0.2) is 5.78 Å². The van der Waals surface area contributed by atoms with Crippen LogP contribution in [0.5, 0.6) is 5.75 Å². The van der Waals surface area contributed by atoms with Crippen LogP contribution in [-0.2, 0) is 10.0 Å². The molecule has 1 aliphatic carbocycles. The lowest BCUT2D eigenvalue weighted by atomic mass is 9.82. The summed E-state index contributed by atoms with van der Waals surface area (Å²) in [6, 6.07) is 5.08. The van der Waals surface area contributed by atoms with Gasteiger partial charge in [-0.05, 0) is 49.9 Å². The second-order valence-corrected chi connectivity index (χ2v) is 11.4. The Kier molecular flexibility index (Phi) is 9.03. The van der Waals surface area contributed by atoms with Gasteiger partial charge in [-0.25, -0.2) is 8.42 Å². The van der Waals surface area contributed by atoms with Crippen molar-refractivity contribution >= 4 is 15.8 Å². The van der Waals surface area contributed by atoms with Crippen LogP contribution in [0.25, 0.3) is 0 Å². The monoisotopic (exact) mass is 504 g/mol. The number of carbonyl (C=O) groups is 1. The van der Waals surface area contributed by atoms with Crippen LogP contribution < -0.4 is 4.74 Å². The summed E-state index contributed by atoms with van der Waals surface area (Å²) in [4.78, 5) is 15.3. The highest BCUT2D eigenvalue weighted by atomic mass is 32.2. The van der Waals surface area contributed by atoms with E-state index in [1.807, 2.05) is 6.92 Å². The fraction of sp³-hybridized carbons (Fsp3) is 0.708. The number of nitrogens with zero attached hydrogens (tertiary/aromatic N) is 2. The molecule has 0 bridgehead atoms. The molecule has 0 amide bonds. The second-order valence-electron chi connectivity index (χ2n) is 9.34. The highest BCUT2D eigenvalue weighted by molar-refractivity contribution is 7.89. The molecule has 0 atom stereocenters. The number of ketones is 1. The Hall–Kier alpha value is -1.65. The van der Waals surface area contributed by atoms with Crippen LogP contribution in [0.1, 0.15) is 75.1 Å². The summed E-state index contributed by atoms with van der Waals surface area (Å²) in [6.45, 7) is 4.11. The SMILES string of the molecule is CCCS(=O)(=O)N1CCN(C2(CCC(=O)c3ccc(OC(F)(F)F)cc3)CCCCCC2)CC1. The highest BCUT2D eigenvalue weighted by Gasteiger charge is 2.40. The number of piperazine rings is 1. The maximum Gasteiger partial charge on any atom is 0.573 e. The Morgan fingerprint density at radius 1 is 1.00 bits per heavy atom. The first-order chi connectivity index (χ1) is 16.0. The zero-order valence-corrected chi connectivity index (χ0v) is 20.6. The average molecular weight is 505 g/mol. The number of hydrogen-bond donors (Lipinski definition) is 0. The largest absolute Gasteiger partial charge is 0.573 e. The van der Waals surface area contributed by atoms with Gasteiger partial charge in [0.25, 0.3) is 0 Å². The van der Waals surface area contributed by atoms with Crippen LogP contribution in [0, 0.1) is 0 Å². The fourth-order valence-electron chi connectivity index (χ4n) is 5.27. The molecule has 0 radical (unpaired) electrons. The van der Waals surface area contributed by atoms with E-state index in [9.17, 15) is 26.4 Å². The van der Waals surface area contributed by atoms with E-state index in [1.54, 1.807) is 4.31 Å². The summed E-state index contributed by atoms with van der Waals surface area (Å²) in [6.07, 6.45) is 3.19. The van der Waals surface area contributed by atoms with Crippen molar-refractivity contribution in [1.82, 2.24) is 9.21 Å². The third-order valence-electron chi connectivity index (χ3n) is 7.03. The number of rotatable bonds is 9. The highest BCUT2D eigenvalue weighted by Crippen LogP contribution is 2.38. The van der Waals surface area contributed by atoms with Crippen LogP contribution in [0.3, 0.4) is 0 Å². The maximum atomic E-state index is 12.9. The van der Waals surface area contributed by atoms with Crippen molar-refractivity contribution in [3.05, 3.63) is 29.8 Å². The lowest BCUT2D eigenvalue weighted by Gasteiger charge is -2.48. The lowest BCUT2D eigenvalue weighted by Crippen LogP contribution is -2.58. The molecule has 0 aromatic heterocycles. The van der Waals surface area contributed by atoms with Crippen molar-refractivity contribution in [2.75, 3.05) is 31.9 Å². The van der Waals surface area contributed by atoms with E-state index in [0.29, 0.717) is 51.0 Å². The molecule has 10 heteroatoms. The maximum absolute atomic E-state index is 12.9. The van der Waals surface area contributed by atoms with Crippen LogP contribution in [0.15, 0.2) is 24.3 Å². The predicted molar refractivity (Wildman–Crippen MR) is 124 cm³/mol. The number of carbonyl (C=O) groups excluding carboxylic acids is 1. The molecule has 1 aliphatic heterocycles. The average Bonchev–Trinajstić information content (AvgIpc) is 3.04. The smallest absolute Gasteiger partial charge is 0.406 e. The first-order valence-corrected chi connectivity index (χ1v) is 13.8. The summed E-state index contributed by atoms with van der Waals surface area (Å²) >= 11 is 0. The summed E-state index contributed by atoms with van der Waals surface area (Å²) in [5.74, 6) is -0.286. The molecule has 1 aromatic carbocycles. The number of sulfonamides is 1. The number of ether oxygens (including phenoxy) is 1. The van der Waals surface area contributed by atoms with Gasteiger partial charge in [0.1, 0.15) is 5.75 Å². The number of benzene rings is 1. The van der Waals surface area contributed by atoms with E-state index >= 15 is 0 Å². The van der Waals surface area contributed by atoms with Gasteiger partial charge in [-0.1, -0.05) is 32.6 Å². The number of Topliss-reactive ketones (excluding diaryl/α,β-unsaturated/α-hetero) is 1. The second kappa shape index (κ2) is 11.4. The fourth-order valence-corrected chi connectivity index (χ4v) is 6.77. The van der Waals surface area contributed by atoms with Crippen molar-refractivity contribution < 1.29 is 31.1 Å². The minimum absolute atomic E-state index is 0.105. The molecular weight excluding hydrogens is 469 g/mol. The van der Waals surface area contributed by atoms with E-state index in [1.165, 1.54) is 12.1 Å². The van der Waals surface area contributed by atoms with Crippen molar-refractivity contribution in [2.24, 2.45) is 0 Å². The number of alkyl halides is 3. The minimum Gasteiger partial charge on any atom is -0.406 e. The van der Waals surface area contributed by atoms with Crippen LogP contribution in [0.4, 0.5) is 13.2 Å². The topological polar surface area (TPSA) is 66.9 Å². The molecule has 2 fully saturated rings. The quantitative estimate of drug-likeness (QED) is 0.350. The lowest BCUT2D eigenvalue weighted by molar-refractivity contribution is -0.274. The molecule has 0 unspecified atom stereocenters. The molecule has 3 rings (SSSR count). The Labute approximate surface area is 200 Å². The zero-order valence-electron chi connectivity index (χ0n) is 19.8. The molecule has 0 N–H and O–H groups in total. The first-order valence-electron chi connectivity index (χ1n) is 12.2.